The molecule has 0 aliphatic heterocycles. The number of hydrogen-bond donors (Lipinski definition) is 0. The standard InChI is InChI=1S/C12H13BrN2S/c1-3-4-11-14-9(7-10(13)15-11)12-8(2)5-6-16-12/h5-7H,3-4H2,1-2H3. The predicted molar refractivity (Wildman–Crippen MR) is 71.8 cm³/mol. The van der Waals surface area contributed by atoms with Gasteiger partial charge in [-0.15, -0.1) is 11.3 Å². The molecule has 0 saturated carbocycles. The van der Waals surface area contributed by atoms with Gasteiger partial charge in [0.05, 0.1) is 10.6 Å². The molecule has 0 aromatic carbocycles. The molecule has 0 bridgehead atoms. The smallest absolute Gasteiger partial charge is 0.130 e. The largest absolute Gasteiger partial charge is 0.232 e. The summed E-state index contributed by atoms with van der Waals surface area (Å²) < 4.78 is 0.869. The van der Waals surface area contributed by atoms with E-state index in [4.69, 9.17) is 0 Å². The van der Waals surface area contributed by atoms with Gasteiger partial charge in [0.15, 0.2) is 0 Å². The summed E-state index contributed by atoms with van der Waals surface area (Å²) >= 11 is 5.17. The molecule has 0 aliphatic rings. The van der Waals surface area contributed by atoms with Crippen LogP contribution < -0.4 is 0 Å². The topological polar surface area (TPSA) is 25.8 Å². The van der Waals surface area contributed by atoms with Crippen LogP contribution in [-0.4, -0.2) is 9.97 Å². The summed E-state index contributed by atoms with van der Waals surface area (Å²) in [5.41, 5.74) is 2.30. The van der Waals surface area contributed by atoms with Gasteiger partial charge in [-0.1, -0.05) is 6.92 Å². The minimum atomic E-state index is 0.869. The summed E-state index contributed by atoms with van der Waals surface area (Å²) in [4.78, 5) is 10.2. The third kappa shape index (κ3) is 2.50. The number of hydrogen-bond acceptors (Lipinski definition) is 3. The summed E-state index contributed by atoms with van der Waals surface area (Å²) in [7, 11) is 0. The molecule has 16 heavy (non-hydrogen) atoms. The van der Waals surface area contributed by atoms with Crippen LogP contribution >= 0.6 is 27.3 Å². The first kappa shape index (κ1) is 11.7. The number of rotatable bonds is 3. The van der Waals surface area contributed by atoms with E-state index in [-0.39, 0.29) is 0 Å². The minimum Gasteiger partial charge on any atom is -0.232 e. The van der Waals surface area contributed by atoms with Crippen LogP contribution in [0, 0.1) is 6.92 Å². The lowest BCUT2D eigenvalue weighted by Crippen LogP contribution is -1.96. The molecular weight excluding hydrogens is 284 g/mol. The Morgan fingerprint density at radius 2 is 2.19 bits per heavy atom. The van der Waals surface area contributed by atoms with Gasteiger partial charge in [-0.05, 0) is 52.4 Å². The van der Waals surface area contributed by atoms with E-state index in [1.165, 1.54) is 10.4 Å². The van der Waals surface area contributed by atoms with E-state index in [0.29, 0.717) is 0 Å². The number of thiophene rings is 1. The first-order valence-electron chi connectivity index (χ1n) is 5.28. The Kier molecular flexibility index (Phi) is 3.71. The highest BCUT2D eigenvalue weighted by atomic mass is 79.9. The van der Waals surface area contributed by atoms with Crippen molar-refractivity contribution in [2.75, 3.05) is 0 Å². The Morgan fingerprint density at radius 3 is 2.81 bits per heavy atom. The molecule has 0 radical (unpaired) electrons. The quantitative estimate of drug-likeness (QED) is 0.792. The molecule has 0 N–H and O–H groups in total. The Labute approximate surface area is 108 Å². The van der Waals surface area contributed by atoms with Gasteiger partial charge in [0.1, 0.15) is 10.4 Å². The Bertz CT molecular complexity index is 494. The second kappa shape index (κ2) is 5.06. The zero-order valence-electron chi connectivity index (χ0n) is 9.33. The van der Waals surface area contributed by atoms with Crippen molar-refractivity contribution in [3.05, 3.63) is 33.5 Å². The lowest BCUT2D eigenvalue weighted by Gasteiger charge is -2.03. The van der Waals surface area contributed by atoms with Gasteiger partial charge in [-0.3, -0.25) is 0 Å². The Hall–Kier alpha value is -0.740. The number of halogens is 1. The Morgan fingerprint density at radius 1 is 1.38 bits per heavy atom. The van der Waals surface area contributed by atoms with Gasteiger partial charge >= 0.3 is 0 Å². The van der Waals surface area contributed by atoms with E-state index < -0.39 is 0 Å². The number of aromatic nitrogens is 2. The Balaban J connectivity index is 2.45. The van der Waals surface area contributed by atoms with Gasteiger partial charge in [-0.25, -0.2) is 9.97 Å². The summed E-state index contributed by atoms with van der Waals surface area (Å²) in [6.07, 6.45) is 2.00. The molecule has 0 aliphatic carbocycles. The van der Waals surface area contributed by atoms with Gasteiger partial charge in [0.25, 0.3) is 0 Å². The van der Waals surface area contributed by atoms with E-state index in [9.17, 15) is 0 Å². The number of nitrogens with zero attached hydrogens (tertiary/aromatic N) is 2. The molecule has 84 valence electrons. The maximum Gasteiger partial charge on any atom is 0.130 e. The highest BCUT2D eigenvalue weighted by Crippen LogP contribution is 2.28. The van der Waals surface area contributed by atoms with Gasteiger partial charge in [0, 0.05) is 6.42 Å². The molecule has 0 atom stereocenters. The third-order valence-electron chi connectivity index (χ3n) is 2.31. The fourth-order valence-electron chi connectivity index (χ4n) is 1.55. The zero-order valence-corrected chi connectivity index (χ0v) is 11.7. The zero-order chi connectivity index (χ0) is 11.5. The molecule has 0 amide bonds. The molecule has 0 fully saturated rings. The molecular formula is C12H13BrN2S. The van der Waals surface area contributed by atoms with Crippen LogP contribution in [0.25, 0.3) is 10.6 Å². The van der Waals surface area contributed by atoms with Gasteiger partial charge in [0.2, 0.25) is 0 Å². The van der Waals surface area contributed by atoms with Crippen LogP contribution in [0.3, 0.4) is 0 Å². The predicted octanol–water partition coefficient (Wildman–Crippen LogP) is 4.23. The first-order chi connectivity index (χ1) is 7.70. The van der Waals surface area contributed by atoms with Crippen LogP contribution in [0.2, 0.25) is 0 Å². The van der Waals surface area contributed by atoms with Crippen LogP contribution in [0.15, 0.2) is 22.1 Å². The lowest BCUT2D eigenvalue weighted by molar-refractivity contribution is 0.831. The van der Waals surface area contributed by atoms with Crippen molar-refractivity contribution < 1.29 is 0 Å². The summed E-state index contributed by atoms with van der Waals surface area (Å²) in [5, 5.41) is 2.10. The second-order valence-electron chi connectivity index (χ2n) is 3.67. The maximum absolute atomic E-state index is 4.60. The number of aryl methyl sites for hydroxylation is 2. The fraction of sp³-hybridized carbons (Fsp3) is 0.333. The van der Waals surface area contributed by atoms with E-state index >= 15 is 0 Å². The first-order valence-corrected chi connectivity index (χ1v) is 6.96. The van der Waals surface area contributed by atoms with E-state index in [2.05, 4.69) is 51.2 Å². The SMILES string of the molecule is CCCc1nc(Br)cc(-c2sccc2C)n1. The van der Waals surface area contributed by atoms with Crippen LogP contribution in [0.4, 0.5) is 0 Å². The van der Waals surface area contributed by atoms with Crippen molar-refractivity contribution in [1.82, 2.24) is 9.97 Å². The molecule has 2 nitrogen and oxygen atoms in total. The van der Waals surface area contributed by atoms with Crippen molar-refractivity contribution in [2.24, 2.45) is 0 Å². The monoisotopic (exact) mass is 296 g/mol. The minimum absolute atomic E-state index is 0.869. The fourth-order valence-corrected chi connectivity index (χ4v) is 2.86. The average molecular weight is 297 g/mol. The summed E-state index contributed by atoms with van der Waals surface area (Å²) in [5.74, 6) is 0.916. The maximum atomic E-state index is 4.60. The molecule has 2 aromatic rings. The van der Waals surface area contributed by atoms with Crippen LogP contribution in [0.1, 0.15) is 24.7 Å². The van der Waals surface area contributed by atoms with E-state index in [1.54, 1.807) is 11.3 Å². The molecule has 2 aromatic heterocycles. The van der Waals surface area contributed by atoms with Crippen molar-refractivity contribution >= 4 is 27.3 Å². The van der Waals surface area contributed by atoms with Crippen molar-refractivity contribution in [1.29, 1.82) is 0 Å². The van der Waals surface area contributed by atoms with Crippen molar-refractivity contribution in [3.8, 4) is 10.6 Å². The van der Waals surface area contributed by atoms with Gasteiger partial charge in [-0.2, -0.15) is 0 Å². The molecule has 2 heterocycles. The molecule has 0 saturated heterocycles. The second-order valence-corrected chi connectivity index (χ2v) is 5.40. The molecule has 0 unspecified atom stereocenters. The summed E-state index contributed by atoms with van der Waals surface area (Å²) in [6.45, 7) is 4.25. The van der Waals surface area contributed by atoms with E-state index in [0.717, 1.165) is 29.0 Å². The molecule has 0 spiro atoms. The van der Waals surface area contributed by atoms with Crippen LogP contribution in [0.5, 0.6) is 0 Å². The van der Waals surface area contributed by atoms with Crippen molar-refractivity contribution in [2.45, 2.75) is 26.7 Å². The normalized spacial score (nSPS) is 10.7. The average Bonchev–Trinajstić information content (AvgIpc) is 2.64. The van der Waals surface area contributed by atoms with Crippen LogP contribution in [-0.2, 0) is 6.42 Å². The third-order valence-corrected chi connectivity index (χ3v) is 3.75. The molecule has 2 rings (SSSR count). The van der Waals surface area contributed by atoms with Gasteiger partial charge < -0.3 is 0 Å². The summed E-state index contributed by atoms with van der Waals surface area (Å²) in [6, 6.07) is 4.10. The molecule has 4 heteroatoms. The highest BCUT2D eigenvalue weighted by molar-refractivity contribution is 9.10. The lowest BCUT2D eigenvalue weighted by atomic mass is 10.2. The highest BCUT2D eigenvalue weighted by Gasteiger charge is 2.08. The van der Waals surface area contributed by atoms with E-state index in [1.807, 2.05) is 6.07 Å². The van der Waals surface area contributed by atoms with Crippen molar-refractivity contribution in [3.63, 3.8) is 0 Å².